The molecule has 3 aromatic rings. The van der Waals surface area contributed by atoms with Crippen molar-refractivity contribution >= 4 is 22.8 Å². The highest BCUT2D eigenvalue weighted by Crippen LogP contribution is 2.45. The predicted molar refractivity (Wildman–Crippen MR) is 128 cm³/mol. The summed E-state index contributed by atoms with van der Waals surface area (Å²) in [5.74, 6) is 0.250. The van der Waals surface area contributed by atoms with Gasteiger partial charge in [-0.25, -0.2) is 0 Å². The van der Waals surface area contributed by atoms with E-state index in [-0.39, 0.29) is 11.7 Å². The van der Waals surface area contributed by atoms with Crippen LogP contribution in [0.5, 0.6) is 11.5 Å². The molecule has 3 N–H and O–H groups in total. The van der Waals surface area contributed by atoms with Crippen LogP contribution in [0.4, 0.5) is 17.1 Å². The summed E-state index contributed by atoms with van der Waals surface area (Å²) in [7, 11) is 1.61. The number of aromatic hydroxyl groups is 1. The molecule has 0 amide bonds. The summed E-state index contributed by atoms with van der Waals surface area (Å²) in [6, 6.07) is 19.0. The number of phenols is 1. The molecular formula is C26H23N3O5. The number of rotatable bonds is 4. The van der Waals surface area contributed by atoms with Crippen LogP contribution >= 0.6 is 0 Å². The van der Waals surface area contributed by atoms with Gasteiger partial charge >= 0.3 is 5.69 Å². The number of benzene rings is 3. The minimum Gasteiger partial charge on any atom is -0.502 e. The van der Waals surface area contributed by atoms with E-state index in [1.54, 1.807) is 13.2 Å². The number of ether oxygens (including phenoxy) is 1. The number of nitro groups is 1. The molecule has 0 radical (unpaired) electrons. The molecule has 1 aliphatic carbocycles. The number of nitro benzene ring substituents is 1. The van der Waals surface area contributed by atoms with E-state index in [0.717, 1.165) is 28.4 Å². The zero-order chi connectivity index (χ0) is 23.8. The molecule has 172 valence electrons. The molecule has 0 aromatic heterocycles. The minimum atomic E-state index is -0.626. The van der Waals surface area contributed by atoms with Gasteiger partial charge in [0.25, 0.3) is 0 Å². The van der Waals surface area contributed by atoms with Gasteiger partial charge in [-0.05, 0) is 53.8 Å². The van der Waals surface area contributed by atoms with Crippen LogP contribution in [0, 0.1) is 10.1 Å². The summed E-state index contributed by atoms with van der Waals surface area (Å²) in [5.41, 5.74) is 4.09. The maximum atomic E-state index is 13.6. The molecule has 2 unspecified atom stereocenters. The van der Waals surface area contributed by atoms with Gasteiger partial charge in [0.05, 0.1) is 29.4 Å². The highest BCUT2D eigenvalue weighted by atomic mass is 16.6. The van der Waals surface area contributed by atoms with E-state index in [2.05, 4.69) is 10.6 Å². The first-order chi connectivity index (χ1) is 16.4. The highest BCUT2D eigenvalue weighted by molar-refractivity contribution is 6.01. The molecule has 0 fully saturated rings. The van der Waals surface area contributed by atoms with Crippen LogP contribution in [0.3, 0.4) is 0 Å². The maximum Gasteiger partial charge on any atom is 0.311 e. The van der Waals surface area contributed by atoms with Crippen molar-refractivity contribution in [3.8, 4) is 11.5 Å². The number of methoxy groups -OCH3 is 1. The molecule has 1 heterocycles. The van der Waals surface area contributed by atoms with Crippen molar-refractivity contribution in [3.63, 3.8) is 0 Å². The number of fused-ring (bicyclic) bond motifs is 1. The Morgan fingerprint density at radius 1 is 1.00 bits per heavy atom. The summed E-state index contributed by atoms with van der Waals surface area (Å²) < 4.78 is 5.36. The van der Waals surface area contributed by atoms with Gasteiger partial charge in [-0.1, -0.05) is 30.3 Å². The van der Waals surface area contributed by atoms with E-state index < -0.39 is 22.4 Å². The van der Waals surface area contributed by atoms with Gasteiger partial charge < -0.3 is 20.5 Å². The third kappa shape index (κ3) is 3.83. The number of hydrogen-bond acceptors (Lipinski definition) is 7. The van der Waals surface area contributed by atoms with E-state index in [1.165, 1.54) is 12.1 Å². The summed E-state index contributed by atoms with van der Waals surface area (Å²) in [6.07, 6.45) is 0.906. The molecule has 1 aliphatic heterocycles. The molecule has 0 spiro atoms. The molecule has 34 heavy (non-hydrogen) atoms. The van der Waals surface area contributed by atoms with E-state index in [0.29, 0.717) is 24.0 Å². The average Bonchev–Trinajstić information content (AvgIpc) is 3.01. The van der Waals surface area contributed by atoms with Crippen LogP contribution in [-0.2, 0) is 4.79 Å². The topological polar surface area (TPSA) is 114 Å². The Bertz CT molecular complexity index is 1330. The number of anilines is 2. The molecule has 0 bridgehead atoms. The highest BCUT2D eigenvalue weighted by Gasteiger charge is 2.36. The van der Waals surface area contributed by atoms with E-state index >= 15 is 0 Å². The Morgan fingerprint density at radius 2 is 1.79 bits per heavy atom. The second-order valence-electron chi connectivity index (χ2n) is 8.45. The molecule has 3 aromatic carbocycles. The maximum absolute atomic E-state index is 13.6. The first-order valence-electron chi connectivity index (χ1n) is 10.9. The lowest BCUT2D eigenvalue weighted by Gasteiger charge is -2.30. The molecule has 8 nitrogen and oxygen atoms in total. The van der Waals surface area contributed by atoms with Crippen LogP contribution in [0.25, 0.3) is 0 Å². The fourth-order valence-corrected chi connectivity index (χ4v) is 4.74. The van der Waals surface area contributed by atoms with Crippen LogP contribution in [0.15, 0.2) is 78.0 Å². The zero-order valence-corrected chi connectivity index (χ0v) is 18.4. The monoisotopic (exact) mass is 457 g/mol. The molecule has 5 rings (SSSR count). The summed E-state index contributed by atoms with van der Waals surface area (Å²) >= 11 is 0. The average molecular weight is 457 g/mol. The van der Waals surface area contributed by atoms with Crippen LogP contribution in [0.1, 0.15) is 35.9 Å². The number of Topliss-reactive ketones (excluding diaryl/α,β-unsaturated/α-hetero) is 1. The Hall–Kier alpha value is -4.33. The third-order valence-electron chi connectivity index (χ3n) is 6.40. The second-order valence-corrected chi connectivity index (χ2v) is 8.45. The van der Waals surface area contributed by atoms with Crippen LogP contribution in [-0.4, -0.2) is 22.9 Å². The Kier molecular flexibility index (Phi) is 5.41. The lowest BCUT2D eigenvalue weighted by molar-refractivity contribution is -0.385. The smallest absolute Gasteiger partial charge is 0.311 e. The van der Waals surface area contributed by atoms with Crippen LogP contribution < -0.4 is 15.4 Å². The van der Waals surface area contributed by atoms with Crippen molar-refractivity contribution in [1.29, 1.82) is 0 Å². The van der Waals surface area contributed by atoms with Gasteiger partial charge in [-0.15, -0.1) is 0 Å². The zero-order valence-electron chi connectivity index (χ0n) is 18.4. The fourth-order valence-electron chi connectivity index (χ4n) is 4.74. The summed E-state index contributed by atoms with van der Waals surface area (Å²) in [6.45, 7) is 0. The number of allylic oxidation sites excluding steroid dienone is 1. The van der Waals surface area contributed by atoms with E-state index in [4.69, 9.17) is 4.74 Å². The first-order valence-corrected chi connectivity index (χ1v) is 10.9. The Balaban J connectivity index is 1.62. The van der Waals surface area contributed by atoms with Crippen molar-refractivity contribution in [1.82, 2.24) is 0 Å². The molecule has 8 heteroatoms. The first kappa shape index (κ1) is 21.5. The number of carbonyl (C=O) groups excluding carboxylic acids is 1. The standard InChI is InChI=1S/C26H23N3O5/c1-34-18-6-4-5-15(11-18)17-12-21-25(24(31)14-17)26(28-20-8-3-2-7-19(20)27-21)16-9-10-23(30)22(13-16)29(32)33/h2-11,13,17,26-28,30H,12,14H2,1H3. The fraction of sp³-hybridized carbons (Fsp3) is 0.192. The molecule has 2 aliphatic rings. The van der Waals surface area contributed by atoms with Gasteiger partial charge in [0, 0.05) is 23.8 Å². The molecular weight excluding hydrogens is 434 g/mol. The largest absolute Gasteiger partial charge is 0.502 e. The number of para-hydroxylation sites is 2. The third-order valence-corrected chi connectivity index (χ3v) is 6.40. The van der Waals surface area contributed by atoms with Gasteiger partial charge in [-0.2, -0.15) is 0 Å². The van der Waals surface area contributed by atoms with Crippen molar-refractivity contribution in [2.45, 2.75) is 24.8 Å². The molecule has 0 saturated carbocycles. The van der Waals surface area contributed by atoms with Gasteiger partial charge in [0.15, 0.2) is 11.5 Å². The number of hydrogen-bond donors (Lipinski definition) is 3. The SMILES string of the molecule is COc1cccc(C2CC(=O)C3=C(C2)Nc2ccccc2NC3c2ccc(O)c([N+](=O)[O-])c2)c1. The Labute approximate surface area is 196 Å². The molecule has 2 atom stereocenters. The number of nitrogens with zero attached hydrogens (tertiary/aromatic N) is 1. The normalized spacial score (nSPS) is 19.3. The number of phenolic OH excluding ortho intramolecular Hbond substituents is 1. The van der Waals surface area contributed by atoms with E-state index in [9.17, 15) is 20.0 Å². The van der Waals surface area contributed by atoms with Crippen molar-refractivity contribution in [2.75, 3.05) is 17.7 Å². The summed E-state index contributed by atoms with van der Waals surface area (Å²) in [4.78, 5) is 24.4. The molecule has 0 saturated heterocycles. The van der Waals surface area contributed by atoms with Crippen LogP contribution in [0.2, 0.25) is 0 Å². The quantitative estimate of drug-likeness (QED) is 0.360. The minimum absolute atomic E-state index is 0.0334. The van der Waals surface area contributed by atoms with Gasteiger partial charge in [0.1, 0.15) is 5.75 Å². The van der Waals surface area contributed by atoms with Crippen molar-refractivity contribution < 1.29 is 19.6 Å². The van der Waals surface area contributed by atoms with Gasteiger partial charge in [-0.3, -0.25) is 14.9 Å². The second kappa shape index (κ2) is 8.55. The number of nitrogens with one attached hydrogen (secondary N) is 2. The summed E-state index contributed by atoms with van der Waals surface area (Å²) in [5, 5.41) is 28.2. The van der Waals surface area contributed by atoms with Crippen molar-refractivity contribution in [2.24, 2.45) is 0 Å². The Morgan fingerprint density at radius 3 is 2.56 bits per heavy atom. The lowest BCUT2D eigenvalue weighted by Crippen LogP contribution is -2.27. The predicted octanol–water partition coefficient (Wildman–Crippen LogP) is 5.29. The van der Waals surface area contributed by atoms with Gasteiger partial charge in [0.2, 0.25) is 0 Å². The van der Waals surface area contributed by atoms with Crippen molar-refractivity contribution in [3.05, 3.63) is 99.2 Å². The number of ketones is 1. The number of carbonyl (C=O) groups is 1. The van der Waals surface area contributed by atoms with E-state index in [1.807, 2.05) is 48.5 Å². The lowest BCUT2D eigenvalue weighted by atomic mass is 9.78.